The Morgan fingerprint density at radius 3 is 2.68 bits per heavy atom. The fraction of sp³-hybridized carbons (Fsp3) is 0.316. The zero-order valence-corrected chi connectivity index (χ0v) is 12.6. The van der Waals surface area contributed by atoms with Gasteiger partial charge in [-0.1, -0.05) is 54.1 Å². The van der Waals surface area contributed by atoms with Crippen molar-refractivity contribution in [1.29, 1.82) is 0 Å². The van der Waals surface area contributed by atoms with Crippen molar-refractivity contribution in [3.63, 3.8) is 0 Å². The third kappa shape index (κ3) is 1.85. The summed E-state index contributed by atoms with van der Waals surface area (Å²) in [6.45, 7) is 2.68. The van der Waals surface area contributed by atoms with Crippen LogP contribution in [0.2, 0.25) is 0 Å². The first kappa shape index (κ1) is 13.4. The zero-order valence-electron chi connectivity index (χ0n) is 12.6. The maximum Gasteiger partial charge on any atom is 0.193 e. The normalized spacial score (nSPS) is 26.4. The van der Waals surface area contributed by atoms with Gasteiger partial charge in [0.2, 0.25) is 0 Å². The molecule has 1 aliphatic heterocycles. The molecule has 0 bridgehead atoms. The number of hydrogen-bond donors (Lipinski definition) is 0. The molecule has 4 rings (SSSR count). The number of nitrogens with zero attached hydrogens (tertiary/aromatic N) is 2. The van der Waals surface area contributed by atoms with Crippen molar-refractivity contribution < 1.29 is 4.79 Å². The highest BCUT2D eigenvalue weighted by molar-refractivity contribution is 6.06. The molecule has 3 nitrogen and oxygen atoms in total. The van der Waals surface area contributed by atoms with Crippen LogP contribution in [0.15, 0.2) is 58.8 Å². The van der Waals surface area contributed by atoms with Crippen molar-refractivity contribution in [2.75, 3.05) is 6.54 Å². The van der Waals surface area contributed by atoms with Crippen LogP contribution in [-0.2, 0) is 6.42 Å². The van der Waals surface area contributed by atoms with Crippen LogP contribution in [0.3, 0.4) is 0 Å². The molecule has 1 aliphatic carbocycles. The van der Waals surface area contributed by atoms with Crippen LogP contribution in [-0.4, -0.2) is 17.9 Å². The summed E-state index contributed by atoms with van der Waals surface area (Å²) in [6.07, 6.45) is 1.65. The number of hydrogen-bond acceptors (Lipinski definition) is 3. The summed E-state index contributed by atoms with van der Waals surface area (Å²) in [6, 6.07) is 16.3. The van der Waals surface area contributed by atoms with E-state index in [2.05, 4.69) is 41.4 Å². The van der Waals surface area contributed by atoms with E-state index in [0.717, 1.165) is 24.0 Å². The Bertz CT molecular complexity index is 763. The molecule has 0 radical (unpaired) electrons. The molecule has 2 atom stereocenters. The molecule has 0 fully saturated rings. The molecular formula is C19H18N2O. The topological polar surface area (TPSA) is 41.8 Å². The zero-order chi connectivity index (χ0) is 15.2. The molecule has 0 N–H and O–H groups in total. The molecule has 0 aromatic heterocycles. The van der Waals surface area contributed by atoms with E-state index in [0.29, 0.717) is 6.54 Å². The van der Waals surface area contributed by atoms with Crippen LogP contribution < -0.4 is 0 Å². The van der Waals surface area contributed by atoms with Gasteiger partial charge in [0.05, 0.1) is 6.54 Å². The number of carbonyl (C=O) groups excluding carboxylic acids is 1. The fourth-order valence-electron chi connectivity index (χ4n) is 3.71. The highest BCUT2D eigenvalue weighted by Crippen LogP contribution is 2.45. The van der Waals surface area contributed by atoms with Crippen LogP contribution in [0.1, 0.15) is 39.4 Å². The number of aryl methyl sites for hydroxylation is 2. The highest BCUT2D eigenvalue weighted by Gasteiger charge is 2.51. The summed E-state index contributed by atoms with van der Waals surface area (Å²) in [5.74, 6) is 0.204. The third-order valence-electron chi connectivity index (χ3n) is 5.00. The summed E-state index contributed by atoms with van der Waals surface area (Å²) in [5.41, 5.74) is 3.67. The second-order valence-corrected chi connectivity index (χ2v) is 6.30. The Kier molecular flexibility index (Phi) is 2.96. The first-order valence-electron chi connectivity index (χ1n) is 7.79. The second-order valence-electron chi connectivity index (χ2n) is 6.30. The van der Waals surface area contributed by atoms with Crippen LogP contribution >= 0.6 is 0 Å². The molecule has 2 aromatic carbocycles. The molecule has 2 aliphatic rings. The maximum absolute atomic E-state index is 13.1. The first-order chi connectivity index (χ1) is 10.7. The molecule has 110 valence electrons. The molecule has 3 heteroatoms. The quantitative estimate of drug-likeness (QED) is 0.779. The lowest BCUT2D eigenvalue weighted by atomic mass is 9.68. The van der Waals surface area contributed by atoms with Crippen LogP contribution in [0.5, 0.6) is 0 Å². The van der Waals surface area contributed by atoms with E-state index in [1.165, 1.54) is 11.1 Å². The smallest absolute Gasteiger partial charge is 0.193 e. The van der Waals surface area contributed by atoms with Crippen molar-refractivity contribution in [2.24, 2.45) is 10.2 Å². The average molecular weight is 290 g/mol. The van der Waals surface area contributed by atoms with Gasteiger partial charge in [0.1, 0.15) is 0 Å². The van der Waals surface area contributed by atoms with Crippen molar-refractivity contribution >= 4 is 5.78 Å². The molecular weight excluding hydrogens is 272 g/mol. The standard InChI is InChI=1S/C19H18N2O/c1-13-6-8-15(9-7-13)17-12-20-21-19(17)11-10-14-4-2-3-5-16(14)18(19)22/h2-9,17H,10-12H2,1H3/t17-,19+/m0/s1. The van der Waals surface area contributed by atoms with E-state index in [1.807, 2.05) is 24.3 Å². The average Bonchev–Trinajstić information content (AvgIpc) is 2.97. The number of rotatable bonds is 1. The molecule has 0 amide bonds. The van der Waals surface area contributed by atoms with E-state index in [9.17, 15) is 4.79 Å². The van der Waals surface area contributed by atoms with E-state index >= 15 is 0 Å². The number of benzene rings is 2. The van der Waals surface area contributed by atoms with Crippen molar-refractivity contribution in [3.8, 4) is 0 Å². The van der Waals surface area contributed by atoms with Gasteiger partial charge >= 0.3 is 0 Å². The minimum Gasteiger partial charge on any atom is -0.291 e. The largest absolute Gasteiger partial charge is 0.291 e. The van der Waals surface area contributed by atoms with Crippen LogP contribution in [0, 0.1) is 6.92 Å². The molecule has 0 unspecified atom stereocenters. The summed E-state index contributed by atoms with van der Waals surface area (Å²) in [5, 5.41) is 8.73. The Morgan fingerprint density at radius 1 is 1.09 bits per heavy atom. The van der Waals surface area contributed by atoms with Gasteiger partial charge in [0, 0.05) is 11.5 Å². The van der Waals surface area contributed by atoms with E-state index < -0.39 is 5.54 Å². The molecule has 1 spiro atoms. The van der Waals surface area contributed by atoms with Gasteiger partial charge in [-0.2, -0.15) is 10.2 Å². The lowest BCUT2D eigenvalue weighted by Crippen LogP contribution is -2.44. The predicted octanol–water partition coefficient (Wildman–Crippen LogP) is 4.11. The van der Waals surface area contributed by atoms with Crippen LogP contribution in [0.4, 0.5) is 0 Å². The van der Waals surface area contributed by atoms with E-state index in [-0.39, 0.29) is 11.7 Å². The number of fused-ring (bicyclic) bond motifs is 1. The highest BCUT2D eigenvalue weighted by atomic mass is 16.1. The molecule has 0 saturated carbocycles. The van der Waals surface area contributed by atoms with Gasteiger partial charge in [-0.25, -0.2) is 0 Å². The van der Waals surface area contributed by atoms with Crippen molar-refractivity contribution in [1.82, 2.24) is 0 Å². The van der Waals surface area contributed by atoms with Crippen molar-refractivity contribution in [3.05, 3.63) is 70.8 Å². The van der Waals surface area contributed by atoms with Gasteiger partial charge < -0.3 is 0 Å². The number of azo groups is 1. The summed E-state index contributed by atoms with van der Waals surface area (Å²) in [4.78, 5) is 13.1. The Morgan fingerprint density at radius 2 is 1.86 bits per heavy atom. The van der Waals surface area contributed by atoms with Crippen LogP contribution in [0.25, 0.3) is 0 Å². The molecule has 1 heterocycles. The van der Waals surface area contributed by atoms with Gasteiger partial charge in [-0.05, 0) is 30.9 Å². The van der Waals surface area contributed by atoms with Gasteiger partial charge in [0.15, 0.2) is 11.3 Å². The third-order valence-corrected chi connectivity index (χ3v) is 5.00. The van der Waals surface area contributed by atoms with E-state index in [1.54, 1.807) is 0 Å². The first-order valence-corrected chi connectivity index (χ1v) is 7.79. The summed E-state index contributed by atoms with van der Waals surface area (Å²) >= 11 is 0. The summed E-state index contributed by atoms with van der Waals surface area (Å²) < 4.78 is 0. The predicted molar refractivity (Wildman–Crippen MR) is 85.5 cm³/mol. The summed E-state index contributed by atoms with van der Waals surface area (Å²) in [7, 11) is 0. The second kappa shape index (κ2) is 4.87. The van der Waals surface area contributed by atoms with Gasteiger partial charge in [-0.15, -0.1) is 0 Å². The molecule has 22 heavy (non-hydrogen) atoms. The Hall–Kier alpha value is -2.29. The minimum atomic E-state index is -0.691. The van der Waals surface area contributed by atoms with E-state index in [4.69, 9.17) is 0 Å². The molecule has 2 aromatic rings. The fourth-order valence-corrected chi connectivity index (χ4v) is 3.71. The SMILES string of the molecule is Cc1ccc([C@@H]2CN=N[C@]23CCc2ccccc2C3=O)cc1. The van der Waals surface area contributed by atoms with Crippen molar-refractivity contribution in [2.45, 2.75) is 31.2 Å². The Balaban J connectivity index is 1.78. The Labute approximate surface area is 130 Å². The van der Waals surface area contributed by atoms with Gasteiger partial charge in [-0.3, -0.25) is 4.79 Å². The van der Waals surface area contributed by atoms with Gasteiger partial charge in [0.25, 0.3) is 0 Å². The number of Topliss-reactive ketones (excluding diaryl/α,β-unsaturated/α-hetero) is 1. The minimum absolute atomic E-state index is 0.0638. The number of carbonyl (C=O) groups is 1. The monoisotopic (exact) mass is 290 g/mol. The number of ketones is 1. The lowest BCUT2D eigenvalue weighted by molar-refractivity contribution is 0.0853. The maximum atomic E-state index is 13.1. The molecule has 0 saturated heterocycles. The lowest BCUT2D eigenvalue weighted by Gasteiger charge is -2.34.